The SMILES string of the molecule is Cc1ccc(Oc2ccc(Nc3ncnc4c3C=C(C(=O)N3CCC[C@H]3CO)CCN4)cc2C)cn1. The second-order valence-corrected chi connectivity index (χ2v) is 9.15. The van der Waals surface area contributed by atoms with Crippen LogP contribution in [-0.4, -0.2) is 56.6 Å². The molecule has 1 atom stereocenters. The molecule has 2 aromatic heterocycles. The van der Waals surface area contributed by atoms with Gasteiger partial charge in [-0.3, -0.25) is 9.78 Å². The molecule has 0 spiro atoms. The van der Waals surface area contributed by atoms with Crippen molar-refractivity contribution in [1.29, 1.82) is 0 Å². The highest BCUT2D eigenvalue weighted by atomic mass is 16.5. The molecule has 5 rings (SSSR count). The topological polar surface area (TPSA) is 112 Å². The van der Waals surface area contributed by atoms with Gasteiger partial charge in [0.15, 0.2) is 0 Å². The van der Waals surface area contributed by atoms with Crippen LogP contribution in [0.3, 0.4) is 0 Å². The van der Waals surface area contributed by atoms with E-state index in [1.807, 2.05) is 50.3 Å². The van der Waals surface area contributed by atoms with E-state index in [9.17, 15) is 9.90 Å². The standard InChI is InChI=1S/C27H30N6O3/c1-17-12-20(6-8-24(17)36-22-7-5-18(2)29-14-22)32-26-23-13-19(9-10-28-25(23)30-16-31-26)27(35)33-11-3-4-21(33)15-34/h5-8,12-14,16,21,34H,3-4,9-11,15H2,1-2H3,(H2,28,30,31,32)/t21-/m0/s1. The van der Waals surface area contributed by atoms with Crippen LogP contribution in [0, 0.1) is 13.8 Å². The molecular weight excluding hydrogens is 456 g/mol. The van der Waals surface area contributed by atoms with Crippen LogP contribution in [0.4, 0.5) is 17.3 Å². The first-order valence-corrected chi connectivity index (χ1v) is 12.2. The minimum Gasteiger partial charge on any atom is -0.455 e. The van der Waals surface area contributed by atoms with E-state index in [1.54, 1.807) is 11.1 Å². The number of ether oxygens (including phenoxy) is 1. The molecule has 0 bridgehead atoms. The Hall–Kier alpha value is -3.98. The van der Waals surface area contributed by atoms with Crippen LogP contribution in [0.1, 0.15) is 36.1 Å². The molecule has 0 aliphatic carbocycles. The zero-order valence-corrected chi connectivity index (χ0v) is 20.5. The summed E-state index contributed by atoms with van der Waals surface area (Å²) in [4.78, 5) is 28.2. The molecule has 3 aromatic rings. The van der Waals surface area contributed by atoms with E-state index in [4.69, 9.17) is 4.74 Å². The van der Waals surface area contributed by atoms with Crippen molar-refractivity contribution in [1.82, 2.24) is 19.9 Å². The average molecular weight is 487 g/mol. The minimum absolute atomic E-state index is 0.0107. The van der Waals surface area contributed by atoms with Gasteiger partial charge in [-0.05, 0) is 75.1 Å². The van der Waals surface area contributed by atoms with Gasteiger partial charge in [-0.15, -0.1) is 0 Å². The number of carbonyl (C=O) groups excluding carboxylic acids is 1. The third kappa shape index (κ3) is 5.01. The predicted octanol–water partition coefficient (Wildman–Crippen LogP) is 4.21. The fraction of sp³-hybridized carbons (Fsp3) is 0.333. The summed E-state index contributed by atoms with van der Waals surface area (Å²) in [6, 6.07) is 9.51. The Morgan fingerprint density at radius 3 is 2.89 bits per heavy atom. The Morgan fingerprint density at radius 2 is 2.11 bits per heavy atom. The monoisotopic (exact) mass is 486 g/mol. The molecule has 1 aromatic carbocycles. The molecule has 2 aliphatic rings. The third-order valence-corrected chi connectivity index (χ3v) is 6.56. The van der Waals surface area contributed by atoms with Crippen LogP contribution < -0.4 is 15.4 Å². The fourth-order valence-electron chi connectivity index (χ4n) is 4.60. The summed E-state index contributed by atoms with van der Waals surface area (Å²) in [7, 11) is 0. The number of anilines is 3. The maximum absolute atomic E-state index is 13.3. The number of nitrogens with one attached hydrogen (secondary N) is 2. The maximum Gasteiger partial charge on any atom is 0.250 e. The number of aliphatic hydroxyl groups excluding tert-OH is 1. The molecule has 9 nitrogen and oxygen atoms in total. The zero-order valence-electron chi connectivity index (χ0n) is 20.5. The number of fused-ring (bicyclic) bond motifs is 1. The number of pyridine rings is 1. The summed E-state index contributed by atoms with van der Waals surface area (Å²) in [5.74, 6) is 2.68. The Bertz CT molecular complexity index is 1290. The van der Waals surface area contributed by atoms with Gasteiger partial charge in [0.05, 0.1) is 24.4 Å². The summed E-state index contributed by atoms with van der Waals surface area (Å²) in [6.45, 7) is 5.17. The summed E-state index contributed by atoms with van der Waals surface area (Å²) in [6.07, 6.45) is 7.41. The Balaban J connectivity index is 1.39. The van der Waals surface area contributed by atoms with Crippen LogP contribution >= 0.6 is 0 Å². The molecule has 0 saturated carbocycles. The average Bonchev–Trinajstić information content (AvgIpc) is 3.25. The van der Waals surface area contributed by atoms with E-state index in [-0.39, 0.29) is 18.6 Å². The molecule has 4 heterocycles. The third-order valence-electron chi connectivity index (χ3n) is 6.56. The van der Waals surface area contributed by atoms with Gasteiger partial charge in [0, 0.05) is 30.0 Å². The number of amides is 1. The van der Waals surface area contributed by atoms with Crippen molar-refractivity contribution in [2.24, 2.45) is 0 Å². The number of nitrogens with zero attached hydrogens (tertiary/aromatic N) is 4. The number of rotatable bonds is 6. The lowest BCUT2D eigenvalue weighted by atomic mass is 10.1. The molecule has 1 saturated heterocycles. The minimum atomic E-state index is -0.113. The molecule has 186 valence electrons. The first-order chi connectivity index (χ1) is 17.5. The number of hydrogen-bond acceptors (Lipinski definition) is 8. The molecule has 9 heteroatoms. The number of carbonyl (C=O) groups is 1. The van der Waals surface area contributed by atoms with Crippen molar-refractivity contribution in [3.63, 3.8) is 0 Å². The van der Waals surface area contributed by atoms with Gasteiger partial charge in [0.25, 0.3) is 0 Å². The summed E-state index contributed by atoms with van der Waals surface area (Å²) >= 11 is 0. The van der Waals surface area contributed by atoms with E-state index >= 15 is 0 Å². The van der Waals surface area contributed by atoms with Gasteiger partial charge in [-0.25, -0.2) is 9.97 Å². The normalized spacial score (nSPS) is 17.0. The number of aromatic nitrogens is 3. The van der Waals surface area contributed by atoms with Crippen molar-refractivity contribution in [2.45, 2.75) is 39.2 Å². The Morgan fingerprint density at radius 1 is 1.22 bits per heavy atom. The van der Waals surface area contributed by atoms with Gasteiger partial charge < -0.3 is 25.4 Å². The molecular formula is C27H30N6O3. The number of likely N-dealkylation sites (tertiary alicyclic amines) is 1. The largest absolute Gasteiger partial charge is 0.455 e. The van der Waals surface area contributed by atoms with E-state index in [0.29, 0.717) is 42.5 Å². The van der Waals surface area contributed by atoms with Gasteiger partial charge in [-0.2, -0.15) is 0 Å². The van der Waals surface area contributed by atoms with E-state index < -0.39 is 0 Å². The van der Waals surface area contributed by atoms with Crippen molar-refractivity contribution in [3.05, 3.63) is 65.2 Å². The molecule has 1 fully saturated rings. The lowest BCUT2D eigenvalue weighted by Crippen LogP contribution is -2.38. The number of benzene rings is 1. The number of aliphatic hydroxyl groups is 1. The first-order valence-electron chi connectivity index (χ1n) is 12.2. The van der Waals surface area contributed by atoms with Crippen molar-refractivity contribution in [2.75, 3.05) is 30.3 Å². The highest BCUT2D eigenvalue weighted by molar-refractivity contribution is 6.00. The van der Waals surface area contributed by atoms with Crippen molar-refractivity contribution < 1.29 is 14.6 Å². The first kappa shape index (κ1) is 23.7. The second-order valence-electron chi connectivity index (χ2n) is 9.15. The lowest BCUT2D eigenvalue weighted by Gasteiger charge is -2.24. The van der Waals surface area contributed by atoms with E-state index in [1.165, 1.54) is 6.33 Å². The summed E-state index contributed by atoms with van der Waals surface area (Å²) in [5, 5.41) is 16.4. The van der Waals surface area contributed by atoms with Crippen LogP contribution in [0.15, 0.2) is 48.4 Å². The smallest absolute Gasteiger partial charge is 0.250 e. The van der Waals surface area contributed by atoms with E-state index in [2.05, 4.69) is 25.6 Å². The van der Waals surface area contributed by atoms with Crippen molar-refractivity contribution in [3.8, 4) is 11.5 Å². The number of hydrogen-bond donors (Lipinski definition) is 3. The van der Waals surface area contributed by atoms with E-state index in [0.717, 1.165) is 41.1 Å². The molecule has 0 radical (unpaired) electrons. The van der Waals surface area contributed by atoms with Crippen LogP contribution in [0.25, 0.3) is 6.08 Å². The lowest BCUT2D eigenvalue weighted by molar-refractivity contribution is -0.128. The quantitative estimate of drug-likeness (QED) is 0.475. The van der Waals surface area contributed by atoms with Gasteiger partial charge in [-0.1, -0.05) is 0 Å². The van der Waals surface area contributed by atoms with Crippen molar-refractivity contribution >= 4 is 29.3 Å². The Kier molecular flexibility index (Phi) is 6.81. The Labute approximate surface area is 210 Å². The molecule has 3 N–H and O–H groups in total. The fourth-order valence-corrected chi connectivity index (χ4v) is 4.60. The van der Waals surface area contributed by atoms with Gasteiger partial charge in [0.2, 0.25) is 5.91 Å². The van der Waals surface area contributed by atoms with Crippen LogP contribution in [0.5, 0.6) is 11.5 Å². The maximum atomic E-state index is 13.3. The summed E-state index contributed by atoms with van der Waals surface area (Å²) < 4.78 is 5.99. The van der Waals surface area contributed by atoms with Crippen LogP contribution in [-0.2, 0) is 4.79 Å². The zero-order chi connectivity index (χ0) is 25.1. The van der Waals surface area contributed by atoms with Gasteiger partial charge >= 0.3 is 0 Å². The van der Waals surface area contributed by atoms with Gasteiger partial charge in [0.1, 0.15) is 29.5 Å². The molecule has 1 amide bonds. The summed E-state index contributed by atoms with van der Waals surface area (Å²) in [5.41, 5.74) is 4.15. The second kappa shape index (κ2) is 10.3. The number of aryl methyl sites for hydroxylation is 2. The highest BCUT2D eigenvalue weighted by Crippen LogP contribution is 2.32. The van der Waals surface area contributed by atoms with Crippen LogP contribution in [0.2, 0.25) is 0 Å². The predicted molar refractivity (Wildman–Crippen MR) is 138 cm³/mol. The highest BCUT2D eigenvalue weighted by Gasteiger charge is 2.30. The molecule has 2 aliphatic heterocycles. The molecule has 36 heavy (non-hydrogen) atoms. The molecule has 0 unspecified atom stereocenters.